The van der Waals surface area contributed by atoms with Crippen molar-refractivity contribution in [2.24, 2.45) is 10.8 Å². The number of carbonyl (C=O) groups excluding carboxylic acids is 1. The molecule has 0 spiro atoms. The second-order valence-electron chi connectivity index (χ2n) is 12.9. The molecule has 230 valence electrons. The van der Waals surface area contributed by atoms with E-state index < -0.39 is 11.5 Å². The number of aryl methyl sites for hydroxylation is 1. The Hall–Kier alpha value is -3.69. The molecular weight excluding hydrogens is 528 g/mol. The molecule has 0 aromatic heterocycles. The first kappa shape index (κ1) is 35.5. The van der Waals surface area contributed by atoms with Crippen molar-refractivity contribution in [2.75, 3.05) is 0 Å². The van der Waals surface area contributed by atoms with Gasteiger partial charge >= 0.3 is 0 Å². The summed E-state index contributed by atoms with van der Waals surface area (Å²) in [5, 5.41) is 20.6. The normalized spacial score (nSPS) is 22.7. The maximum Gasteiger partial charge on any atom is 0.165 e. The number of benzene rings is 1. The van der Waals surface area contributed by atoms with Gasteiger partial charge in [0.25, 0.3) is 0 Å². The first-order chi connectivity index (χ1) is 20.1. The summed E-state index contributed by atoms with van der Waals surface area (Å²) in [6.45, 7) is 20.3. The van der Waals surface area contributed by atoms with Crippen molar-refractivity contribution in [1.29, 1.82) is 0 Å². The number of carbonyl (C=O) groups is 1. The summed E-state index contributed by atoms with van der Waals surface area (Å²) in [6, 6.07) is 4.36. The minimum Gasteiger partial charge on any atom is -0.508 e. The largest absolute Gasteiger partial charge is 0.508 e. The topological polar surface area (TPSA) is 57.5 Å². The molecule has 1 aliphatic rings. The van der Waals surface area contributed by atoms with E-state index in [2.05, 4.69) is 83.2 Å². The summed E-state index contributed by atoms with van der Waals surface area (Å²) in [5.41, 5.74) is 8.24. The molecule has 0 heterocycles. The Morgan fingerprint density at radius 1 is 0.767 bits per heavy atom. The van der Waals surface area contributed by atoms with Gasteiger partial charge in [0.2, 0.25) is 0 Å². The van der Waals surface area contributed by atoms with E-state index in [-0.39, 0.29) is 17.0 Å². The molecule has 3 nitrogen and oxygen atoms in total. The average molecular weight is 581 g/mol. The standard InChI is InChI=1S/C40H52O3/c1-28(17-13-18-30(3)21-23-35-24-22-31(4)33(6)34(35)7)15-11-12-16-29(2)19-14-20-32(5)37(42)25-38(43)40(10)27-36(41)26-39(40,8)9/h11-25,36,41-42H,26-27H2,1-10H3/b12-11+,17-13?,19-14+,23-21?,28-15?,29-16+,30-18?,32-20+,37-25-. The fourth-order valence-corrected chi connectivity index (χ4v) is 5.21. The minimum atomic E-state index is -0.696. The van der Waals surface area contributed by atoms with Crippen LogP contribution in [-0.4, -0.2) is 22.1 Å². The Bertz CT molecular complexity index is 1450. The van der Waals surface area contributed by atoms with Gasteiger partial charge in [-0.15, -0.1) is 0 Å². The molecule has 1 fully saturated rings. The SMILES string of the molecule is CC(C=Cc1ccc(C)c(C)c1C)=CC=CC(C)=C/C=C/C=C(C)/C=C/C=C(C)/C(O)=C/C(=O)C1(C)CC(O)CC1(C)C. The Morgan fingerprint density at radius 3 is 1.86 bits per heavy atom. The molecule has 2 atom stereocenters. The monoisotopic (exact) mass is 580 g/mol. The average Bonchev–Trinajstić information content (AvgIpc) is 3.15. The van der Waals surface area contributed by atoms with Crippen LogP contribution in [0.5, 0.6) is 0 Å². The molecule has 1 aromatic carbocycles. The van der Waals surface area contributed by atoms with E-state index in [0.29, 0.717) is 18.4 Å². The van der Waals surface area contributed by atoms with Gasteiger partial charge in [0.1, 0.15) is 5.76 Å². The number of hydrogen-bond acceptors (Lipinski definition) is 3. The lowest BCUT2D eigenvalue weighted by Gasteiger charge is -2.35. The third kappa shape index (κ3) is 10.2. The zero-order valence-corrected chi connectivity index (χ0v) is 28.0. The Kier molecular flexibility index (Phi) is 13.0. The van der Waals surface area contributed by atoms with Crippen molar-refractivity contribution in [2.45, 2.75) is 88.2 Å². The first-order valence-electron chi connectivity index (χ1n) is 15.2. The van der Waals surface area contributed by atoms with Gasteiger partial charge in [-0.2, -0.15) is 0 Å². The third-order valence-corrected chi connectivity index (χ3v) is 8.98. The van der Waals surface area contributed by atoms with Gasteiger partial charge in [-0.3, -0.25) is 4.79 Å². The molecule has 2 unspecified atom stereocenters. The predicted octanol–water partition coefficient (Wildman–Crippen LogP) is 10.3. The predicted molar refractivity (Wildman–Crippen MR) is 185 cm³/mol. The summed E-state index contributed by atoms with van der Waals surface area (Å²) < 4.78 is 0. The lowest BCUT2D eigenvalue weighted by atomic mass is 9.66. The summed E-state index contributed by atoms with van der Waals surface area (Å²) in [4.78, 5) is 13.0. The molecule has 0 saturated heterocycles. The molecule has 43 heavy (non-hydrogen) atoms. The minimum absolute atomic E-state index is 0.0410. The number of aliphatic hydroxyl groups excluding tert-OH is 2. The quantitative estimate of drug-likeness (QED) is 0.155. The molecule has 1 saturated carbocycles. The summed E-state index contributed by atoms with van der Waals surface area (Å²) in [7, 11) is 0. The lowest BCUT2D eigenvalue weighted by Crippen LogP contribution is -2.36. The van der Waals surface area contributed by atoms with Crippen molar-refractivity contribution in [3.63, 3.8) is 0 Å². The Morgan fingerprint density at radius 2 is 1.30 bits per heavy atom. The summed E-state index contributed by atoms with van der Waals surface area (Å²) in [5.74, 6) is -0.185. The second kappa shape index (κ2) is 15.7. The van der Waals surface area contributed by atoms with Gasteiger partial charge < -0.3 is 10.2 Å². The first-order valence-corrected chi connectivity index (χ1v) is 15.2. The van der Waals surface area contributed by atoms with Gasteiger partial charge in [-0.05, 0) is 94.5 Å². The van der Waals surface area contributed by atoms with Gasteiger partial charge in [-0.25, -0.2) is 0 Å². The lowest BCUT2D eigenvalue weighted by molar-refractivity contribution is -0.127. The van der Waals surface area contributed by atoms with Crippen LogP contribution in [-0.2, 0) is 4.79 Å². The van der Waals surface area contributed by atoms with E-state index in [1.807, 2.05) is 58.1 Å². The van der Waals surface area contributed by atoms with Crippen LogP contribution in [0.1, 0.15) is 83.6 Å². The summed E-state index contributed by atoms with van der Waals surface area (Å²) >= 11 is 0. The number of allylic oxidation sites excluding steroid dienone is 16. The molecule has 0 amide bonds. The van der Waals surface area contributed by atoms with E-state index in [4.69, 9.17) is 0 Å². The van der Waals surface area contributed by atoms with Crippen molar-refractivity contribution < 1.29 is 15.0 Å². The van der Waals surface area contributed by atoms with E-state index in [1.54, 1.807) is 13.0 Å². The fourth-order valence-electron chi connectivity index (χ4n) is 5.21. The number of rotatable bonds is 11. The van der Waals surface area contributed by atoms with Crippen molar-refractivity contribution in [3.8, 4) is 0 Å². The molecule has 2 rings (SSSR count). The smallest absolute Gasteiger partial charge is 0.165 e. The van der Waals surface area contributed by atoms with Crippen LogP contribution in [0.2, 0.25) is 0 Å². The van der Waals surface area contributed by atoms with Gasteiger partial charge in [0, 0.05) is 11.5 Å². The highest BCUT2D eigenvalue weighted by atomic mass is 16.3. The van der Waals surface area contributed by atoms with Crippen molar-refractivity contribution >= 4 is 11.9 Å². The van der Waals surface area contributed by atoms with Gasteiger partial charge in [0.15, 0.2) is 5.78 Å². The van der Waals surface area contributed by atoms with Crippen LogP contribution in [0.4, 0.5) is 0 Å². The number of ketones is 1. The van der Waals surface area contributed by atoms with Crippen LogP contribution >= 0.6 is 0 Å². The van der Waals surface area contributed by atoms with E-state index >= 15 is 0 Å². The highest BCUT2D eigenvalue weighted by Crippen LogP contribution is 2.53. The van der Waals surface area contributed by atoms with Crippen LogP contribution in [0, 0.1) is 31.6 Å². The fraction of sp³-hybridized carbons (Fsp3) is 0.375. The Balaban J connectivity index is 1.93. The highest BCUT2D eigenvalue weighted by molar-refractivity contribution is 5.96. The van der Waals surface area contributed by atoms with Crippen LogP contribution in [0.15, 0.2) is 113 Å². The van der Waals surface area contributed by atoms with E-state index in [1.165, 1.54) is 33.9 Å². The zero-order chi connectivity index (χ0) is 32.4. The van der Waals surface area contributed by atoms with Crippen LogP contribution in [0.25, 0.3) is 6.08 Å². The molecular formula is C40H52O3. The van der Waals surface area contributed by atoms with Crippen LogP contribution < -0.4 is 0 Å². The highest BCUT2D eigenvalue weighted by Gasteiger charge is 2.53. The summed E-state index contributed by atoms with van der Waals surface area (Å²) in [6.07, 6.45) is 26.1. The second-order valence-corrected chi connectivity index (χ2v) is 12.9. The Labute approximate surface area is 260 Å². The molecule has 0 aliphatic heterocycles. The van der Waals surface area contributed by atoms with Crippen LogP contribution in [0.3, 0.4) is 0 Å². The maximum atomic E-state index is 13.0. The molecule has 1 aliphatic carbocycles. The van der Waals surface area contributed by atoms with Crippen molar-refractivity contribution in [3.05, 3.63) is 135 Å². The van der Waals surface area contributed by atoms with E-state index in [9.17, 15) is 15.0 Å². The molecule has 0 bridgehead atoms. The number of hydrogen-bond donors (Lipinski definition) is 2. The van der Waals surface area contributed by atoms with Gasteiger partial charge in [-0.1, -0.05) is 123 Å². The zero-order valence-electron chi connectivity index (χ0n) is 28.0. The van der Waals surface area contributed by atoms with Gasteiger partial charge in [0.05, 0.1) is 6.10 Å². The third-order valence-electron chi connectivity index (χ3n) is 8.98. The maximum absolute atomic E-state index is 13.0. The van der Waals surface area contributed by atoms with E-state index in [0.717, 1.165) is 11.1 Å². The molecule has 3 heteroatoms. The molecule has 0 radical (unpaired) electrons. The number of aliphatic hydroxyl groups is 2. The molecule has 2 N–H and O–H groups in total. The van der Waals surface area contributed by atoms with Crippen molar-refractivity contribution in [1.82, 2.24) is 0 Å². The molecule has 1 aromatic rings.